The van der Waals surface area contributed by atoms with Crippen LogP contribution in [0.15, 0.2) is 47.4 Å². The first-order valence-electron chi connectivity index (χ1n) is 6.14. The van der Waals surface area contributed by atoms with Crippen molar-refractivity contribution in [2.75, 3.05) is 0 Å². The molecule has 1 unspecified atom stereocenters. The molecule has 3 rings (SSSR count). The first-order chi connectivity index (χ1) is 8.72. The molecular weight excluding hydrogens is 226 g/mol. The number of rotatable bonds is 2. The van der Waals surface area contributed by atoms with Crippen LogP contribution in [0.3, 0.4) is 0 Å². The minimum absolute atomic E-state index is 0.0366. The highest BCUT2D eigenvalue weighted by molar-refractivity contribution is 5.37. The molecule has 2 heterocycles. The highest BCUT2D eigenvalue weighted by atomic mass is 16.5. The van der Waals surface area contributed by atoms with Crippen LogP contribution in [0.4, 0.5) is 0 Å². The largest absolute Gasteiger partial charge is 0.488 e. The highest BCUT2D eigenvalue weighted by Crippen LogP contribution is 2.28. The zero-order chi connectivity index (χ0) is 12.5. The molecule has 3 heteroatoms. The van der Waals surface area contributed by atoms with E-state index in [1.807, 2.05) is 37.4 Å². The summed E-state index contributed by atoms with van der Waals surface area (Å²) in [4.78, 5) is 11.8. The molecule has 0 radical (unpaired) electrons. The summed E-state index contributed by atoms with van der Waals surface area (Å²) in [6.07, 6.45) is 2.77. The standard InChI is InChI=1S/C15H15NO2/c1-11-6-7-16(15(17)8-11)10-13-9-12-4-2-3-5-14(12)18-13/h2-8,13H,9-10H2,1H3. The molecular formula is C15H15NO2. The molecule has 3 nitrogen and oxygen atoms in total. The van der Waals surface area contributed by atoms with Crippen LogP contribution < -0.4 is 10.3 Å². The van der Waals surface area contributed by atoms with Gasteiger partial charge in [-0.25, -0.2) is 0 Å². The van der Waals surface area contributed by atoms with Crippen molar-refractivity contribution >= 4 is 0 Å². The third-order valence-corrected chi connectivity index (χ3v) is 3.27. The Morgan fingerprint density at radius 3 is 2.94 bits per heavy atom. The molecule has 1 aliphatic heterocycles. The average molecular weight is 241 g/mol. The number of ether oxygens (including phenoxy) is 1. The first kappa shape index (κ1) is 11.1. The van der Waals surface area contributed by atoms with Crippen molar-refractivity contribution in [3.63, 3.8) is 0 Å². The SMILES string of the molecule is Cc1ccn(CC2Cc3ccccc3O2)c(=O)c1. The lowest BCUT2D eigenvalue weighted by atomic mass is 10.1. The lowest BCUT2D eigenvalue weighted by Crippen LogP contribution is -2.28. The van der Waals surface area contributed by atoms with Gasteiger partial charge in [0, 0.05) is 18.7 Å². The predicted octanol–water partition coefficient (Wildman–Crippen LogP) is 2.16. The predicted molar refractivity (Wildman–Crippen MR) is 70.0 cm³/mol. The second-order valence-electron chi connectivity index (χ2n) is 4.75. The Kier molecular flexibility index (Phi) is 2.67. The minimum atomic E-state index is 0.0366. The molecule has 18 heavy (non-hydrogen) atoms. The number of hydrogen-bond acceptors (Lipinski definition) is 2. The van der Waals surface area contributed by atoms with Crippen molar-refractivity contribution in [3.05, 3.63) is 64.1 Å². The summed E-state index contributed by atoms with van der Waals surface area (Å²) in [7, 11) is 0. The van der Waals surface area contributed by atoms with Crippen molar-refractivity contribution in [2.45, 2.75) is 26.0 Å². The normalized spacial score (nSPS) is 17.3. The van der Waals surface area contributed by atoms with Gasteiger partial charge in [-0.1, -0.05) is 18.2 Å². The van der Waals surface area contributed by atoms with E-state index in [9.17, 15) is 4.79 Å². The topological polar surface area (TPSA) is 31.2 Å². The van der Waals surface area contributed by atoms with Crippen LogP contribution in [0.1, 0.15) is 11.1 Å². The summed E-state index contributed by atoms with van der Waals surface area (Å²) in [6.45, 7) is 2.53. The van der Waals surface area contributed by atoms with Crippen molar-refractivity contribution in [1.82, 2.24) is 4.57 Å². The first-order valence-corrected chi connectivity index (χ1v) is 6.14. The van der Waals surface area contributed by atoms with E-state index in [1.54, 1.807) is 10.6 Å². The van der Waals surface area contributed by atoms with E-state index in [2.05, 4.69) is 6.07 Å². The average Bonchev–Trinajstić information content (AvgIpc) is 2.75. The molecule has 0 fully saturated rings. The lowest BCUT2D eigenvalue weighted by Gasteiger charge is -2.12. The zero-order valence-electron chi connectivity index (χ0n) is 10.3. The number of aryl methyl sites for hydroxylation is 1. The number of aromatic nitrogens is 1. The van der Waals surface area contributed by atoms with Crippen LogP contribution in [0, 0.1) is 6.92 Å². The Labute approximate surface area is 106 Å². The van der Waals surface area contributed by atoms with Gasteiger partial charge in [-0.2, -0.15) is 0 Å². The van der Waals surface area contributed by atoms with Gasteiger partial charge in [-0.05, 0) is 30.2 Å². The summed E-state index contributed by atoms with van der Waals surface area (Å²) in [5, 5.41) is 0. The molecule has 92 valence electrons. The number of fused-ring (bicyclic) bond motifs is 1. The molecule has 0 saturated carbocycles. The molecule has 0 amide bonds. The summed E-state index contributed by atoms with van der Waals surface area (Å²) in [5.74, 6) is 0.947. The lowest BCUT2D eigenvalue weighted by molar-refractivity contribution is 0.207. The van der Waals surface area contributed by atoms with Gasteiger partial charge in [0.25, 0.3) is 5.56 Å². The summed E-state index contributed by atoms with van der Waals surface area (Å²) in [6, 6.07) is 11.6. The fourth-order valence-corrected chi connectivity index (χ4v) is 2.33. The van der Waals surface area contributed by atoms with Gasteiger partial charge < -0.3 is 9.30 Å². The molecule has 0 N–H and O–H groups in total. The summed E-state index contributed by atoms with van der Waals surface area (Å²) in [5.41, 5.74) is 2.25. The fraction of sp³-hybridized carbons (Fsp3) is 0.267. The van der Waals surface area contributed by atoms with Crippen molar-refractivity contribution in [1.29, 1.82) is 0 Å². The van der Waals surface area contributed by atoms with E-state index in [1.165, 1.54) is 5.56 Å². The number of hydrogen-bond donors (Lipinski definition) is 0. The number of para-hydroxylation sites is 1. The van der Waals surface area contributed by atoms with Crippen LogP contribution in [-0.2, 0) is 13.0 Å². The Morgan fingerprint density at radius 1 is 1.33 bits per heavy atom. The molecule has 2 aromatic rings. The van der Waals surface area contributed by atoms with E-state index in [0.717, 1.165) is 17.7 Å². The maximum atomic E-state index is 11.8. The molecule has 0 saturated heterocycles. The number of benzene rings is 1. The minimum Gasteiger partial charge on any atom is -0.488 e. The third kappa shape index (κ3) is 2.04. The second kappa shape index (κ2) is 4.33. The molecule has 0 aliphatic carbocycles. The Balaban J connectivity index is 1.78. The Hall–Kier alpha value is -2.03. The fourth-order valence-electron chi connectivity index (χ4n) is 2.33. The van der Waals surface area contributed by atoms with Crippen LogP contribution in [0.5, 0.6) is 5.75 Å². The van der Waals surface area contributed by atoms with Crippen molar-refractivity contribution in [3.8, 4) is 5.75 Å². The van der Waals surface area contributed by atoms with Gasteiger partial charge in [-0.15, -0.1) is 0 Å². The van der Waals surface area contributed by atoms with E-state index < -0.39 is 0 Å². The Bertz CT molecular complexity index is 605. The monoisotopic (exact) mass is 241 g/mol. The molecule has 1 aromatic carbocycles. The van der Waals surface area contributed by atoms with E-state index in [4.69, 9.17) is 4.74 Å². The van der Waals surface area contributed by atoms with Crippen molar-refractivity contribution in [2.24, 2.45) is 0 Å². The van der Waals surface area contributed by atoms with Gasteiger partial charge in [0.2, 0.25) is 0 Å². The molecule has 1 atom stereocenters. The third-order valence-electron chi connectivity index (χ3n) is 3.27. The molecule has 0 bridgehead atoms. The van der Waals surface area contributed by atoms with E-state index >= 15 is 0 Å². The van der Waals surface area contributed by atoms with Gasteiger partial charge in [0.1, 0.15) is 11.9 Å². The molecule has 0 spiro atoms. The summed E-state index contributed by atoms with van der Waals surface area (Å²) >= 11 is 0. The maximum Gasteiger partial charge on any atom is 0.250 e. The molecule has 1 aromatic heterocycles. The maximum absolute atomic E-state index is 11.8. The summed E-state index contributed by atoms with van der Waals surface area (Å²) < 4.78 is 7.55. The quantitative estimate of drug-likeness (QED) is 0.806. The second-order valence-corrected chi connectivity index (χ2v) is 4.75. The van der Waals surface area contributed by atoms with Crippen LogP contribution >= 0.6 is 0 Å². The smallest absolute Gasteiger partial charge is 0.250 e. The van der Waals surface area contributed by atoms with E-state index in [0.29, 0.717) is 6.54 Å². The van der Waals surface area contributed by atoms with Crippen LogP contribution in [0.2, 0.25) is 0 Å². The van der Waals surface area contributed by atoms with Gasteiger partial charge >= 0.3 is 0 Å². The van der Waals surface area contributed by atoms with Gasteiger partial charge in [0.05, 0.1) is 6.54 Å². The van der Waals surface area contributed by atoms with Crippen molar-refractivity contribution < 1.29 is 4.74 Å². The van der Waals surface area contributed by atoms with Crippen LogP contribution in [-0.4, -0.2) is 10.7 Å². The number of pyridine rings is 1. The highest BCUT2D eigenvalue weighted by Gasteiger charge is 2.22. The number of nitrogens with zero attached hydrogens (tertiary/aromatic N) is 1. The van der Waals surface area contributed by atoms with Crippen LogP contribution in [0.25, 0.3) is 0 Å². The molecule has 1 aliphatic rings. The van der Waals surface area contributed by atoms with Gasteiger partial charge in [-0.3, -0.25) is 4.79 Å². The van der Waals surface area contributed by atoms with E-state index in [-0.39, 0.29) is 11.7 Å². The zero-order valence-corrected chi connectivity index (χ0v) is 10.3. The van der Waals surface area contributed by atoms with Gasteiger partial charge in [0.15, 0.2) is 0 Å². The Morgan fingerprint density at radius 2 is 2.17 bits per heavy atom.